The average molecular weight is 377 g/mol. The molecule has 26 heavy (non-hydrogen) atoms. The minimum atomic E-state index is -3.56. The monoisotopic (exact) mass is 377 g/mol. The van der Waals surface area contributed by atoms with Crippen LogP contribution >= 0.6 is 0 Å². The molecule has 0 aliphatic carbocycles. The van der Waals surface area contributed by atoms with Gasteiger partial charge >= 0.3 is 10.1 Å². The number of hydrogen-bond donors (Lipinski definition) is 1. The Kier molecular flexibility index (Phi) is 6.00. The molecule has 6 nitrogen and oxygen atoms in total. The summed E-state index contributed by atoms with van der Waals surface area (Å²) in [4.78, 5) is 3.59. The van der Waals surface area contributed by atoms with Gasteiger partial charge in [0.25, 0.3) is 0 Å². The van der Waals surface area contributed by atoms with E-state index in [1.54, 1.807) is 31.4 Å². The highest BCUT2D eigenvalue weighted by Crippen LogP contribution is 2.20. The van der Waals surface area contributed by atoms with E-state index in [4.69, 9.17) is 8.92 Å². The van der Waals surface area contributed by atoms with Crippen molar-refractivity contribution in [2.75, 3.05) is 50.5 Å². The summed E-state index contributed by atoms with van der Waals surface area (Å²) < 4.78 is 34.7. The fourth-order valence-corrected chi connectivity index (χ4v) is 4.10. The van der Waals surface area contributed by atoms with Gasteiger partial charge < -0.3 is 18.7 Å². The molecule has 0 amide bonds. The van der Waals surface area contributed by atoms with E-state index in [1.807, 2.05) is 24.3 Å². The van der Waals surface area contributed by atoms with Crippen molar-refractivity contribution in [3.63, 3.8) is 0 Å². The summed E-state index contributed by atoms with van der Waals surface area (Å²) >= 11 is 0. The molecule has 1 heterocycles. The van der Waals surface area contributed by atoms with Gasteiger partial charge in [0.1, 0.15) is 17.3 Å². The number of quaternary nitrogens is 1. The minimum Gasteiger partial charge on any atom is -0.497 e. The van der Waals surface area contributed by atoms with E-state index in [-0.39, 0.29) is 5.75 Å². The number of methoxy groups -OCH3 is 1. The van der Waals surface area contributed by atoms with Crippen LogP contribution < -0.4 is 18.7 Å². The first-order valence-corrected chi connectivity index (χ1v) is 10.3. The zero-order valence-corrected chi connectivity index (χ0v) is 15.7. The van der Waals surface area contributed by atoms with E-state index in [9.17, 15) is 8.42 Å². The van der Waals surface area contributed by atoms with Gasteiger partial charge in [-0.2, -0.15) is 8.42 Å². The van der Waals surface area contributed by atoms with Gasteiger partial charge in [-0.25, -0.2) is 0 Å². The van der Waals surface area contributed by atoms with Gasteiger partial charge in [-0.05, 0) is 24.3 Å². The van der Waals surface area contributed by atoms with Crippen molar-refractivity contribution >= 4 is 15.8 Å². The predicted octanol–water partition coefficient (Wildman–Crippen LogP) is 0.809. The molecule has 2 aromatic rings. The van der Waals surface area contributed by atoms with E-state index in [2.05, 4.69) is 11.0 Å². The minimum absolute atomic E-state index is 0.0242. The number of nitrogens with one attached hydrogen (secondary N) is 1. The lowest BCUT2D eigenvalue weighted by atomic mass is 10.2. The number of hydrogen-bond acceptors (Lipinski definition) is 5. The lowest BCUT2D eigenvalue weighted by Gasteiger charge is -2.33. The third-order valence-corrected chi connectivity index (χ3v) is 5.71. The van der Waals surface area contributed by atoms with Crippen molar-refractivity contribution in [3.8, 4) is 11.5 Å². The van der Waals surface area contributed by atoms with Crippen LogP contribution in [-0.4, -0.2) is 54.0 Å². The number of rotatable bonds is 7. The Morgan fingerprint density at radius 3 is 2.38 bits per heavy atom. The lowest BCUT2D eigenvalue weighted by molar-refractivity contribution is -0.898. The highest BCUT2D eigenvalue weighted by atomic mass is 32.2. The molecule has 1 saturated heterocycles. The SMILES string of the molecule is COc1cccc(N2CC[NH+](CCS(=O)(=O)Oc3ccccc3)CC2)c1. The molecule has 0 aromatic heterocycles. The summed E-state index contributed by atoms with van der Waals surface area (Å²) in [5, 5.41) is 0. The second-order valence-electron chi connectivity index (χ2n) is 6.35. The van der Waals surface area contributed by atoms with Crippen LogP contribution in [0.15, 0.2) is 54.6 Å². The number of ether oxygens (including phenoxy) is 1. The van der Waals surface area contributed by atoms with Crippen LogP contribution in [0.5, 0.6) is 11.5 Å². The van der Waals surface area contributed by atoms with Crippen molar-refractivity contribution in [3.05, 3.63) is 54.6 Å². The van der Waals surface area contributed by atoms with Crippen LogP contribution in [0.2, 0.25) is 0 Å². The fourth-order valence-electron chi connectivity index (χ4n) is 3.07. The van der Waals surface area contributed by atoms with Crippen LogP contribution in [0.3, 0.4) is 0 Å². The maximum atomic E-state index is 12.1. The third kappa shape index (κ3) is 5.12. The first-order valence-electron chi connectivity index (χ1n) is 8.75. The smallest absolute Gasteiger partial charge is 0.314 e. The summed E-state index contributed by atoms with van der Waals surface area (Å²) in [7, 11) is -1.89. The van der Waals surface area contributed by atoms with Gasteiger partial charge in [0, 0.05) is 11.8 Å². The number of piperazine rings is 1. The molecular weight excluding hydrogens is 352 g/mol. The zero-order valence-electron chi connectivity index (χ0n) is 14.9. The Morgan fingerprint density at radius 1 is 1.00 bits per heavy atom. The number of para-hydroxylation sites is 1. The largest absolute Gasteiger partial charge is 0.497 e. The van der Waals surface area contributed by atoms with Crippen molar-refractivity contribution in [2.24, 2.45) is 0 Å². The van der Waals surface area contributed by atoms with E-state index in [0.29, 0.717) is 12.3 Å². The summed E-state index contributed by atoms with van der Waals surface area (Å²) in [6, 6.07) is 16.7. The van der Waals surface area contributed by atoms with Gasteiger partial charge in [0.15, 0.2) is 0 Å². The lowest BCUT2D eigenvalue weighted by Crippen LogP contribution is -3.15. The van der Waals surface area contributed by atoms with E-state index < -0.39 is 10.1 Å². The summed E-state index contributed by atoms with van der Waals surface area (Å²) in [6.07, 6.45) is 0. The Labute approximate surface area is 155 Å². The number of nitrogens with zero attached hydrogens (tertiary/aromatic N) is 1. The van der Waals surface area contributed by atoms with Crippen LogP contribution in [0, 0.1) is 0 Å². The summed E-state index contributed by atoms with van der Waals surface area (Å²) in [5.74, 6) is 1.24. The molecule has 0 radical (unpaired) electrons. The standard InChI is InChI=1S/C19H24N2O4S/c1-24-19-9-5-6-17(16-19)21-12-10-20(11-13-21)14-15-26(22,23)25-18-7-3-2-4-8-18/h2-9,16H,10-15H2,1H3/p+1. The van der Waals surface area contributed by atoms with Crippen LogP contribution in [-0.2, 0) is 10.1 Å². The number of benzene rings is 2. The fraction of sp³-hybridized carbons (Fsp3) is 0.368. The highest BCUT2D eigenvalue weighted by molar-refractivity contribution is 7.87. The Morgan fingerprint density at radius 2 is 1.69 bits per heavy atom. The van der Waals surface area contributed by atoms with Gasteiger partial charge in [-0.15, -0.1) is 0 Å². The van der Waals surface area contributed by atoms with Crippen molar-refractivity contribution in [2.45, 2.75) is 0 Å². The molecule has 3 rings (SSSR count). The molecule has 2 aromatic carbocycles. The van der Waals surface area contributed by atoms with Crippen molar-refractivity contribution in [1.82, 2.24) is 0 Å². The van der Waals surface area contributed by atoms with Gasteiger partial charge in [-0.3, -0.25) is 0 Å². The molecule has 1 fully saturated rings. The first-order chi connectivity index (χ1) is 12.6. The van der Waals surface area contributed by atoms with Crippen LogP contribution in [0.1, 0.15) is 0 Å². The molecule has 0 atom stereocenters. The molecule has 1 aliphatic rings. The molecular formula is C19H25N2O4S+. The van der Waals surface area contributed by atoms with Crippen molar-refractivity contribution < 1.29 is 22.2 Å². The Balaban J connectivity index is 1.48. The molecule has 7 heteroatoms. The van der Waals surface area contributed by atoms with Crippen LogP contribution in [0.25, 0.3) is 0 Å². The molecule has 0 saturated carbocycles. The van der Waals surface area contributed by atoms with Gasteiger partial charge in [-0.1, -0.05) is 24.3 Å². The second kappa shape index (κ2) is 8.42. The van der Waals surface area contributed by atoms with Gasteiger partial charge in [0.2, 0.25) is 0 Å². The van der Waals surface area contributed by atoms with E-state index in [1.165, 1.54) is 4.90 Å². The molecule has 140 valence electrons. The average Bonchev–Trinajstić information content (AvgIpc) is 2.67. The second-order valence-corrected chi connectivity index (χ2v) is 8.04. The summed E-state index contributed by atoms with van der Waals surface area (Å²) in [6.45, 7) is 4.14. The number of anilines is 1. The quantitative estimate of drug-likeness (QED) is 0.724. The van der Waals surface area contributed by atoms with Gasteiger partial charge in [0.05, 0.1) is 39.8 Å². The van der Waals surface area contributed by atoms with E-state index >= 15 is 0 Å². The first kappa shape index (κ1) is 18.5. The maximum Gasteiger partial charge on any atom is 0.314 e. The maximum absolute atomic E-state index is 12.1. The molecule has 0 unspecified atom stereocenters. The highest BCUT2D eigenvalue weighted by Gasteiger charge is 2.23. The van der Waals surface area contributed by atoms with Crippen LogP contribution in [0.4, 0.5) is 5.69 Å². The summed E-state index contributed by atoms with van der Waals surface area (Å²) in [5.41, 5.74) is 1.14. The Hall–Kier alpha value is -2.25. The topological polar surface area (TPSA) is 60.3 Å². The normalized spacial score (nSPS) is 15.7. The predicted molar refractivity (Wildman–Crippen MR) is 102 cm³/mol. The molecule has 0 spiro atoms. The Bertz CT molecular complexity index is 803. The molecule has 1 N–H and O–H groups in total. The molecule has 1 aliphatic heterocycles. The molecule has 0 bridgehead atoms. The zero-order chi connectivity index (χ0) is 18.4. The van der Waals surface area contributed by atoms with E-state index in [0.717, 1.165) is 37.6 Å². The third-order valence-electron chi connectivity index (χ3n) is 4.56. The van der Waals surface area contributed by atoms with Crippen molar-refractivity contribution in [1.29, 1.82) is 0 Å².